The van der Waals surface area contributed by atoms with Crippen LogP contribution in [0.4, 0.5) is 0 Å². The lowest BCUT2D eigenvalue weighted by atomic mass is 10.0. The van der Waals surface area contributed by atoms with Gasteiger partial charge in [-0.15, -0.1) is 12.3 Å². The van der Waals surface area contributed by atoms with E-state index in [2.05, 4.69) is 11.3 Å². The van der Waals surface area contributed by atoms with Gasteiger partial charge in [-0.1, -0.05) is 23.2 Å². The second kappa shape index (κ2) is 5.99. The Morgan fingerprint density at radius 1 is 1.33 bits per heavy atom. The van der Waals surface area contributed by atoms with Crippen molar-refractivity contribution < 1.29 is 0 Å². The average Bonchev–Trinajstić information content (AvgIpc) is 2.17. The van der Waals surface area contributed by atoms with Crippen LogP contribution in [-0.4, -0.2) is 0 Å². The fourth-order valence-corrected chi connectivity index (χ4v) is 1.89. The molecule has 0 heterocycles. The molecule has 1 rings (SSSR count). The third-order valence-electron chi connectivity index (χ3n) is 2.07. The highest BCUT2D eigenvalue weighted by Gasteiger charge is 2.10. The summed E-state index contributed by atoms with van der Waals surface area (Å²) in [4.78, 5) is 0. The normalized spacial score (nSPS) is 12.1. The minimum atomic E-state index is -0.0164. The lowest BCUT2D eigenvalue weighted by Crippen LogP contribution is -2.27. The van der Waals surface area contributed by atoms with Gasteiger partial charge in [-0.2, -0.15) is 0 Å². The number of benzene rings is 1. The molecule has 0 radical (unpaired) electrons. The fraction of sp³-hybridized carbons (Fsp3) is 0.273. The molecule has 1 aromatic carbocycles. The minimum Gasteiger partial charge on any atom is -0.271 e. The van der Waals surface area contributed by atoms with E-state index >= 15 is 0 Å². The maximum atomic E-state index is 5.89. The van der Waals surface area contributed by atoms with E-state index in [1.807, 2.05) is 12.1 Å². The summed E-state index contributed by atoms with van der Waals surface area (Å²) in [6.07, 6.45) is 6.60. The van der Waals surface area contributed by atoms with Crippen molar-refractivity contribution >= 4 is 23.2 Å². The average molecular weight is 243 g/mol. The van der Waals surface area contributed by atoms with Gasteiger partial charge in [-0.05, 0) is 30.2 Å². The zero-order valence-electron chi connectivity index (χ0n) is 8.13. The molecule has 0 saturated heterocycles. The quantitative estimate of drug-likeness (QED) is 0.484. The molecule has 80 valence electrons. The highest BCUT2D eigenvalue weighted by atomic mass is 35.5. The standard InChI is InChI=1S/C11H12Cl2N2/c1-2-3-4-11(15-14)8-5-9(12)7-10(13)6-8/h1,5-7,11,15H,3-4,14H2. The smallest absolute Gasteiger partial charge is 0.0470 e. The number of hydrogen-bond donors (Lipinski definition) is 2. The third-order valence-corrected chi connectivity index (χ3v) is 2.50. The lowest BCUT2D eigenvalue weighted by molar-refractivity contribution is 0.524. The molecule has 0 bridgehead atoms. The summed E-state index contributed by atoms with van der Waals surface area (Å²) in [5.41, 5.74) is 3.64. The predicted octanol–water partition coefficient (Wildman–Crippen LogP) is 2.91. The number of terminal acetylenes is 1. The van der Waals surface area contributed by atoms with Gasteiger partial charge >= 0.3 is 0 Å². The van der Waals surface area contributed by atoms with Crippen molar-refractivity contribution in [1.29, 1.82) is 0 Å². The van der Waals surface area contributed by atoms with Crippen molar-refractivity contribution in [2.24, 2.45) is 5.84 Å². The van der Waals surface area contributed by atoms with Gasteiger partial charge in [0.1, 0.15) is 0 Å². The summed E-state index contributed by atoms with van der Waals surface area (Å²) in [6.45, 7) is 0. The Morgan fingerprint density at radius 3 is 2.40 bits per heavy atom. The van der Waals surface area contributed by atoms with Crippen molar-refractivity contribution in [3.63, 3.8) is 0 Å². The van der Waals surface area contributed by atoms with E-state index in [-0.39, 0.29) is 6.04 Å². The van der Waals surface area contributed by atoms with Crippen molar-refractivity contribution in [3.8, 4) is 12.3 Å². The van der Waals surface area contributed by atoms with E-state index in [1.165, 1.54) is 0 Å². The van der Waals surface area contributed by atoms with Crippen LogP contribution < -0.4 is 11.3 Å². The van der Waals surface area contributed by atoms with E-state index < -0.39 is 0 Å². The molecule has 3 N–H and O–H groups in total. The van der Waals surface area contributed by atoms with Gasteiger partial charge in [0.25, 0.3) is 0 Å². The Kier molecular flexibility index (Phi) is 4.93. The monoisotopic (exact) mass is 242 g/mol. The number of rotatable bonds is 4. The molecule has 1 unspecified atom stereocenters. The largest absolute Gasteiger partial charge is 0.271 e. The van der Waals surface area contributed by atoms with Gasteiger partial charge in [0, 0.05) is 22.5 Å². The second-order valence-corrected chi connectivity index (χ2v) is 4.04. The Bertz CT molecular complexity index is 351. The van der Waals surface area contributed by atoms with Crippen LogP contribution in [0.5, 0.6) is 0 Å². The fourth-order valence-electron chi connectivity index (χ4n) is 1.35. The Balaban J connectivity index is 2.87. The Morgan fingerprint density at radius 2 is 1.93 bits per heavy atom. The number of halogens is 2. The zero-order valence-corrected chi connectivity index (χ0v) is 9.65. The maximum Gasteiger partial charge on any atom is 0.0470 e. The van der Waals surface area contributed by atoms with Crippen molar-refractivity contribution in [1.82, 2.24) is 5.43 Å². The molecule has 0 fully saturated rings. The van der Waals surface area contributed by atoms with Crippen LogP contribution >= 0.6 is 23.2 Å². The molecular weight excluding hydrogens is 231 g/mol. The van der Waals surface area contributed by atoms with Gasteiger partial charge in [-0.25, -0.2) is 0 Å². The molecule has 0 aliphatic rings. The van der Waals surface area contributed by atoms with E-state index in [9.17, 15) is 0 Å². The Hall–Kier alpha value is -0.720. The summed E-state index contributed by atoms with van der Waals surface area (Å²) in [6, 6.07) is 5.32. The van der Waals surface area contributed by atoms with Crippen LogP contribution in [0.2, 0.25) is 10.0 Å². The summed E-state index contributed by atoms with van der Waals surface area (Å²) in [5.74, 6) is 8.01. The van der Waals surface area contributed by atoms with E-state index in [4.69, 9.17) is 35.5 Å². The first-order valence-corrected chi connectivity index (χ1v) is 5.28. The highest BCUT2D eigenvalue weighted by Crippen LogP contribution is 2.25. The summed E-state index contributed by atoms with van der Waals surface area (Å²) < 4.78 is 0. The van der Waals surface area contributed by atoms with Crippen molar-refractivity contribution in [2.45, 2.75) is 18.9 Å². The molecule has 0 aliphatic heterocycles. The van der Waals surface area contributed by atoms with Crippen molar-refractivity contribution in [3.05, 3.63) is 33.8 Å². The maximum absolute atomic E-state index is 5.89. The molecule has 0 aliphatic carbocycles. The molecule has 0 saturated carbocycles. The van der Waals surface area contributed by atoms with E-state index in [0.717, 1.165) is 12.0 Å². The van der Waals surface area contributed by atoms with Gasteiger partial charge in [0.15, 0.2) is 0 Å². The SMILES string of the molecule is C#CCCC(NN)c1cc(Cl)cc(Cl)c1. The molecule has 15 heavy (non-hydrogen) atoms. The topological polar surface area (TPSA) is 38.0 Å². The minimum absolute atomic E-state index is 0.0164. The van der Waals surface area contributed by atoms with E-state index in [1.54, 1.807) is 6.07 Å². The molecule has 2 nitrogen and oxygen atoms in total. The molecule has 1 atom stereocenters. The summed E-state index contributed by atoms with van der Waals surface area (Å²) >= 11 is 11.8. The van der Waals surface area contributed by atoms with Crippen LogP contribution in [0.3, 0.4) is 0 Å². The van der Waals surface area contributed by atoms with Crippen LogP contribution in [-0.2, 0) is 0 Å². The first kappa shape index (κ1) is 12.4. The van der Waals surface area contributed by atoms with Crippen LogP contribution in [0.25, 0.3) is 0 Å². The second-order valence-electron chi connectivity index (χ2n) is 3.16. The van der Waals surface area contributed by atoms with Gasteiger partial charge in [0.05, 0.1) is 0 Å². The van der Waals surface area contributed by atoms with Crippen molar-refractivity contribution in [2.75, 3.05) is 0 Å². The number of nitrogens with one attached hydrogen (secondary N) is 1. The molecule has 0 amide bonds. The predicted molar refractivity (Wildman–Crippen MR) is 64.6 cm³/mol. The molecule has 1 aromatic rings. The molecule has 4 heteroatoms. The highest BCUT2D eigenvalue weighted by molar-refractivity contribution is 6.34. The number of hydrazine groups is 1. The van der Waals surface area contributed by atoms with E-state index in [0.29, 0.717) is 16.5 Å². The Labute approximate surface area is 99.7 Å². The zero-order chi connectivity index (χ0) is 11.3. The van der Waals surface area contributed by atoms with Gasteiger partial charge in [-0.3, -0.25) is 11.3 Å². The summed E-state index contributed by atoms with van der Waals surface area (Å²) in [5, 5.41) is 1.19. The number of nitrogens with two attached hydrogens (primary N) is 1. The molecular formula is C11H12Cl2N2. The van der Waals surface area contributed by atoms with Gasteiger partial charge in [0.2, 0.25) is 0 Å². The third kappa shape index (κ3) is 3.73. The lowest BCUT2D eigenvalue weighted by Gasteiger charge is -2.15. The molecule has 0 spiro atoms. The molecule has 0 aromatic heterocycles. The number of hydrogen-bond acceptors (Lipinski definition) is 2. The van der Waals surface area contributed by atoms with Crippen LogP contribution in [0.1, 0.15) is 24.4 Å². The van der Waals surface area contributed by atoms with Crippen LogP contribution in [0.15, 0.2) is 18.2 Å². The van der Waals surface area contributed by atoms with Crippen LogP contribution in [0, 0.1) is 12.3 Å². The van der Waals surface area contributed by atoms with Gasteiger partial charge < -0.3 is 0 Å². The summed E-state index contributed by atoms with van der Waals surface area (Å²) in [7, 11) is 0. The first-order valence-electron chi connectivity index (χ1n) is 4.53. The first-order chi connectivity index (χ1) is 7.17.